The molecule has 0 aliphatic heterocycles. The summed E-state index contributed by atoms with van der Waals surface area (Å²) in [5, 5.41) is 4.32. The molecule has 17 heavy (non-hydrogen) atoms. The lowest BCUT2D eigenvalue weighted by Crippen LogP contribution is -2.42. The number of benzene rings is 1. The van der Waals surface area contributed by atoms with Gasteiger partial charge in [0.15, 0.2) is 0 Å². The first-order chi connectivity index (χ1) is 8.19. The van der Waals surface area contributed by atoms with Gasteiger partial charge in [-0.1, -0.05) is 30.3 Å². The van der Waals surface area contributed by atoms with Crippen LogP contribution in [0.4, 0.5) is 0 Å². The lowest BCUT2D eigenvalue weighted by molar-refractivity contribution is 0.379. The van der Waals surface area contributed by atoms with Crippen LogP contribution in [0.5, 0.6) is 0 Å². The SMILES string of the molecule is Cn1ncc2c1CCC(N)(c1ccccc1)C2. The van der Waals surface area contributed by atoms with Gasteiger partial charge in [-0.25, -0.2) is 0 Å². The van der Waals surface area contributed by atoms with Gasteiger partial charge >= 0.3 is 0 Å². The van der Waals surface area contributed by atoms with Crippen LogP contribution in [-0.2, 0) is 25.4 Å². The zero-order chi connectivity index (χ0) is 11.9. The molecule has 3 heteroatoms. The van der Waals surface area contributed by atoms with Crippen molar-refractivity contribution >= 4 is 0 Å². The summed E-state index contributed by atoms with van der Waals surface area (Å²) >= 11 is 0. The largest absolute Gasteiger partial charge is 0.321 e. The third-order valence-corrected chi connectivity index (χ3v) is 3.81. The summed E-state index contributed by atoms with van der Waals surface area (Å²) < 4.78 is 1.97. The molecule has 0 spiro atoms. The Morgan fingerprint density at radius 2 is 2.06 bits per heavy atom. The summed E-state index contributed by atoms with van der Waals surface area (Å²) in [5.74, 6) is 0. The maximum atomic E-state index is 6.57. The van der Waals surface area contributed by atoms with Crippen LogP contribution in [0.25, 0.3) is 0 Å². The molecular weight excluding hydrogens is 210 g/mol. The molecule has 2 N–H and O–H groups in total. The number of hydrogen-bond acceptors (Lipinski definition) is 2. The third-order valence-electron chi connectivity index (χ3n) is 3.81. The lowest BCUT2D eigenvalue weighted by atomic mass is 9.77. The summed E-state index contributed by atoms with van der Waals surface area (Å²) in [6.45, 7) is 0. The standard InChI is InChI=1S/C14H17N3/c1-17-13-7-8-14(15,9-11(13)10-16-17)12-5-3-2-4-6-12/h2-6,10H,7-9,15H2,1H3. The van der Waals surface area contributed by atoms with Crippen molar-refractivity contribution in [1.29, 1.82) is 0 Å². The second-order valence-corrected chi connectivity index (χ2v) is 4.94. The third kappa shape index (κ3) is 1.67. The zero-order valence-electron chi connectivity index (χ0n) is 10.1. The van der Waals surface area contributed by atoms with E-state index in [1.807, 2.05) is 24.0 Å². The minimum Gasteiger partial charge on any atom is -0.321 e. The van der Waals surface area contributed by atoms with Crippen molar-refractivity contribution in [2.45, 2.75) is 24.8 Å². The van der Waals surface area contributed by atoms with E-state index in [4.69, 9.17) is 5.73 Å². The zero-order valence-corrected chi connectivity index (χ0v) is 10.1. The second kappa shape index (κ2) is 3.70. The molecule has 1 aliphatic rings. The molecule has 88 valence electrons. The minimum absolute atomic E-state index is 0.225. The molecule has 1 atom stereocenters. The summed E-state index contributed by atoms with van der Waals surface area (Å²) in [4.78, 5) is 0. The molecule has 3 rings (SSSR count). The number of aryl methyl sites for hydroxylation is 1. The van der Waals surface area contributed by atoms with Crippen LogP contribution in [0.2, 0.25) is 0 Å². The van der Waals surface area contributed by atoms with Gasteiger partial charge in [-0.3, -0.25) is 4.68 Å². The Morgan fingerprint density at radius 3 is 2.82 bits per heavy atom. The summed E-state index contributed by atoms with van der Waals surface area (Å²) in [6, 6.07) is 10.4. The lowest BCUT2D eigenvalue weighted by Gasteiger charge is -2.34. The molecule has 0 radical (unpaired) electrons. The maximum absolute atomic E-state index is 6.57. The van der Waals surface area contributed by atoms with Gasteiger partial charge in [0.1, 0.15) is 0 Å². The number of fused-ring (bicyclic) bond motifs is 1. The van der Waals surface area contributed by atoms with E-state index < -0.39 is 0 Å². The highest BCUT2D eigenvalue weighted by molar-refractivity contribution is 5.32. The van der Waals surface area contributed by atoms with Gasteiger partial charge in [0.25, 0.3) is 0 Å². The van der Waals surface area contributed by atoms with Crippen LogP contribution in [-0.4, -0.2) is 9.78 Å². The van der Waals surface area contributed by atoms with E-state index in [9.17, 15) is 0 Å². The van der Waals surface area contributed by atoms with Gasteiger partial charge in [-0.15, -0.1) is 0 Å². The molecule has 0 saturated carbocycles. The Kier molecular flexibility index (Phi) is 2.30. The monoisotopic (exact) mass is 227 g/mol. The Bertz CT molecular complexity index is 530. The first kappa shape index (κ1) is 10.5. The summed E-state index contributed by atoms with van der Waals surface area (Å²) in [6.07, 6.45) is 4.85. The molecule has 1 aromatic carbocycles. The van der Waals surface area contributed by atoms with Crippen LogP contribution in [0, 0.1) is 0 Å². The van der Waals surface area contributed by atoms with Gasteiger partial charge in [0.05, 0.1) is 6.20 Å². The van der Waals surface area contributed by atoms with E-state index >= 15 is 0 Å². The van der Waals surface area contributed by atoms with E-state index in [0.717, 1.165) is 19.3 Å². The molecule has 0 bridgehead atoms. The minimum atomic E-state index is -0.225. The highest BCUT2D eigenvalue weighted by Gasteiger charge is 2.33. The van der Waals surface area contributed by atoms with Gasteiger partial charge in [-0.05, 0) is 30.4 Å². The van der Waals surface area contributed by atoms with Crippen molar-refractivity contribution in [3.05, 3.63) is 53.3 Å². The molecule has 1 heterocycles. The molecule has 1 aromatic heterocycles. The average molecular weight is 227 g/mol. The fourth-order valence-electron chi connectivity index (χ4n) is 2.76. The van der Waals surface area contributed by atoms with Crippen molar-refractivity contribution in [3.63, 3.8) is 0 Å². The fourth-order valence-corrected chi connectivity index (χ4v) is 2.76. The highest BCUT2D eigenvalue weighted by atomic mass is 15.3. The summed E-state index contributed by atoms with van der Waals surface area (Å²) in [5.41, 5.74) is 10.2. The highest BCUT2D eigenvalue weighted by Crippen LogP contribution is 2.33. The van der Waals surface area contributed by atoms with E-state index in [1.165, 1.54) is 16.8 Å². The smallest absolute Gasteiger partial charge is 0.0525 e. The first-order valence-corrected chi connectivity index (χ1v) is 6.03. The van der Waals surface area contributed by atoms with E-state index in [1.54, 1.807) is 0 Å². The van der Waals surface area contributed by atoms with Crippen molar-refractivity contribution < 1.29 is 0 Å². The number of hydrogen-bond donors (Lipinski definition) is 1. The molecular formula is C14H17N3. The molecule has 1 unspecified atom stereocenters. The molecule has 1 aliphatic carbocycles. The van der Waals surface area contributed by atoms with E-state index in [-0.39, 0.29) is 5.54 Å². The van der Waals surface area contributed by atoms with Gasteiger partial charge in [0, 0.05) is 18.3 Å². The number of nitrogens with zero attached hydrogens (tertiary/aromatic N) is 2. The quantitative estimate of drug-likeness (QED) is 0.806. The van der Waals surface area contributed by atoms with Crippen molar-refractivity contribution in [2.75, 3.05) is 0 Å². The van der Waals surface area contributed by atoms with Gasteiger partial charge < -0.3 is 5.73 Å². The van der Waals surface area contributed by atoms with Crippen LogP contribution >= 0.6 is 0 Å². The van der Waals surface area contributed by atoms with Gasteiger partial charge in [0.2, 0.25) is 0 Å². The number of rotatable bonds is 1. The van der Waals surface area contributed by atoms with Crippen LogP contribution in [0.15, 0.2) is 36.5 Å². The van der Waals surface area contributed by atoms with Crippen LogP contribution in [0.3, 0.4) is 0 Å². The summed E-state index contributed by atoms with van der Waals surface area (Å²) in [7, 11) is 2.00. The van der Waals surface area contributed by atoms with Gasteiger partial charge in [-0.2, -0.15) is 5.10 Å². The fraction of sp³-hybridized carbons (Fsp3) is 0.357. The Balaban J connectivity index is 1.98. The first-order valence-electron chi connectivity index (χ1n) is 6.03. The van der Waals surface area contributed by atoms with E-state index in [0.29, 0.717) is 0 Å². The Morgan fingerprint density at radius 1 is 1.29 bits per heavy atom. The predicted octanol–water partition coefficient (Wildman–Crippen LogP) is 1.76. The van der Waals surface area contributed by atoms with Crippen molar-refractivity contribution in [2.24, 2.45) is 12.8 Å². The molecule has 0 fully saturated rings. The molecule has 2 aromatic rings. The van der Waals surface area contributed by atoms with Crippen LogP contribution in [0.1, 0.15) is 23.2 Å². The average Bonchev–Trinajstić information content (AvgIpc) is 2.71. The molecule has 0 amide bonds. The number of aromatic nitrogens is 2. The van der Waals surface area contributed by atoms with Crippen molar-refractivity contribution in [3.8, 4) is 0 Å². The molecule has 3 nitrogen and oxygen atoms in total. The molecule has 0 saturated heterocycles. The predicted molar refractivity (Wildman–Crippen MR) is 67.5 cm³/mol. The Hall–Kier alpha value is -1.61. The number of nitrogens with two attached hydrogens (primary N) is 1. The van der Waals surface area contributed by atoms with E-state index in [2.05, 4.69) is 29.4 Å². The van der Waals surface area contributed by atoms with Crippen LogP contribution < -0.4 is 5.73 Å². The Labute approximate surface area is 101 Å². The maximum Gasteiger partial charge on any atom is 0.0525 e. The normalized spacial score (nSPS) is 23.4. The second-order valence-electron chi connectivity index (χ2n) is 4.94. The topological polar surface area (TPSA) is 43.8 Å². The van der Waals surface area contributed by atoms with Crippen molar-refractivity contribution in [1.82, 2.24) is 9.78 Å².